The summed E-state index contributed by atoms with van der Waals surface area (Å²) in [4.78, 5) is 24.9. The molecule has 0 spiro atoms. The number of halogens is 2. The molecule has 8 nitrogen and oxygen atoms in total. The lowest BCUT2D eigenvalue weighted by atomic mass is 10.2. The Morgan fingerprint density at radius 3 is 2.27 bits per heavy atom. The monoisotopic (exact) mass is 591 g/mol. The highest BCUT2D eigenvalue weighted by Crippen LogP contribution is 2.34. The number of amides is 2. The highest BCUT2D eigenvalue weighted by molar-refractivity contribution is 6.37. The molecular weight excluding hydrogens is 565 g/mol. The maximum Gasteiger partial charge on any atom is 0.271 e. The van der Waals surface area contributed by atoms with Gasteiger partial charge in [0, 0.05) is 11.3 Å². The molecule has 0 saturated carbocycles. The van der Waals surface area contributed by atoms with E-state index in [1.807, 2.05) is 49.4 Å². The van der Waals surface area contributed by atoms with Gasteiger partial charge in [-0.3, -0.25) is 9.59 Å². The fourth-order valence-electron chi connectivity index (χ4n) is 3.66. The van der Waals surface area contributed by atoms with Crippen molar-refractivity contribution in [3.05, 3.63) is 117 Å². The van der Waals surface area contributed by atoms with E-state index in [1.165, 1.54) is 13.3 Å². The Labute approximate surface area is 247 Å². The van der Waals surface area contributed by atoms with Crippen LogP contribution in [0, 0.1) is 6.92 Å². The van der Waals surface area contributed by atoms with Gasteiger partial charge in [0.15, 0.2) is 23.9 Å². The van der Waals surface area contributed by atoms with Crippen LogP contribution in [0.3, 0.4) is 0 Å². The van der Waals surface area contributed by atoms with Crippen molar-refractivity contribution in [2.24, 2.45) is 5.10 Å². The molecule has 4 rings (SSSR count). The van der Waals surface area contributed by atoms with Gasteiger partial charge >= 0.3 is 0 Å². The Morgan fingerprint density at radius 1 is 0.878 bits per heavy atom. The summed E-state index contributed by atoms with van der Waals surface area (Å²) in [6, 6.07) is 25.1. The molecule has 0 bridgehead atoms. The molecule has 4 aromatic rings. The lowest BCUT2D eigenvalue weighted by Crippen LogP contribution is -2.20. The topological polar surface area (TPSA) is 98.3 Å². The van der Waals surface area contributed by atoms with Crippen LogP contribution in [-0.2, 0) is 11.4 Å². The summed E-state index contributed by atoms with van der Waals surface area (Å²) in [6.07, 6.45) is 1.39. The van der Waals surface area contributed by atoms with Crippen molar-refractivity contribution >= 4 is 46.9 Å². The molecule has 210 valence electrons. The third-order valence-corrected chi connectivity index (χ3v) is 6.31. The van der Waals surface area contributed by atoms with E-state index in [9.17, 15) is 9.59 Å². The van der Waals surface area contributed by atoms with Crippen LogP contribution in [0.1, 0.15) is 27.0 Å². The number of hydrogen-bond acceptors (Lipinski definition) is 6. The number of carbonyl (C=O) groups excluding carboxylic acids is 2. The average molecular weight is 592 g/mol. The number of methoxy groups -OCH3 is 1. The molecule has 10 heteroatoms. The Balaban J connectivity index is 1.32. The molecule has 0 aliphatic heterocycles. The largest absolute Gasteiger partial charge is 0.493 e. The molecule has 0 unspecified atom stereocenters. The lowest BCUT2D eigenvalue weighted by Gasteiger charge is -2.12. The van der Waals surface area contributed by atoms with Crippen molar-refractivity contribution in [3.63, 3.8) is 0 Å². The van der Waals surface area contributed by atoms with Crippen molar-refractivity contribution < 1.29 is 23.8 Å². The summed E-state index contributed by atoms with van der Waals surface area (Å²) in [6.45, 7) is 2.04. The van der Waals surface area contributed by atoms with E-state index in [-0.39, 0.29) is 28.3 Å². The first-order chi connectivity index (χ1) is 19.8. The van der Waals surface area contributed by atoms with E-state index in [0.717, 1.165) is 11.1 Å². The minimum absolute atomic E-state index is 0.162. The van der Waals surface area contributed by atoms with Crippen LogP contribution in [0.15, 0.2) is 90.0 Å². The predicted molar refractivity (Wildman–Crippen MR) is 161 cm³/mol. The van der Waals surface area contributed by atoms with Crippen molar-refractivity contribution in [2.45, 2.75) is 13.5 Å². The Morgan fingerprint density at radius 2 is 1.59 bits per heavy atom. The second-order valence-electron chi connectivity index (χ2n) is 8.86. The summed E-state index contributed by atoms with van der Waals surface area (Å²) in [5.74, 6) is 0.276. The van der Waals surface area contributed by atoms with Crippen LogP contribution >= 0.6 is 23.2 Å². The van der Waals surface area contributed by atoms with Gasteiger partial charge in [-0.15, -0.1) is 0 Å². The fourth-order valence-corrected chi connectivity index (χ4v) is 4.27. The van der Waals surface area contributed by atoms with Gasteiger partial charge in [-0.2, -0.15) is 5.10 Å². The van der Waals surface area contributed by atoms with Gasteiger partial charge in [0.2, 0.25) is 0 Å². The van der Waals surface area contributed by atoms with Gasteiger partial charge in [0.05, 0.1) is 23.4 Å². The minimum Gasteiger partial charge on any atom is -0.493 e. The lowest BCUT2D eigenvalue weighted by molar-refractivity contribution is -0.118. The molecule has 0 aliphatic carbocycles. The number of anilines is 1. The van der Waals surface area contributed by atoms with Gasteiger partial charge < -0.3 is 19.5 Å². The van der Waals surface area contributed by atoms with Gasteiger partial charge in [-0.05, 0) is 60.5 Å². The Bertz CT molecular complexity index is 1520. The second kappa shape index (κ2) is 14.2. The third-order valence-electron chi connectivity index (χ3n) is 5.75. The summed E-state index contributed by atoms with van der Waals surface area (Å²) in [7, 11) is 1.50. The van der Waals surface area contributed by atoms with E-state index in [2.05, 4.69) is 15.8 Å². The fraction of sp³-hybridized carbons (Fsp3) is 0.129. The number of aryl methyl sites for hydroxylation is 1. The van der Waals surface area contributed by atoms with Gasteiger partial charge in [-0.25, -0.2) is 5.43 Å². The quantitative estimate of drug-likeness (QED) is 0.150. The van der Waals surface area contributed by atoms with Crippen LogP contribution in [-0.4, -0.2) is 31.7 Å². The van der Waals surface area contributed by atoms with Gasteiger partial charge in [0.25, 0.3) is 11.8 Å². The van der Waals surface area contributed by atoms with E-state index in [0.29, 0.717) is 34.9 Å². The maximum absolute atomic E-state index is 12.6. The predicted octanol–water partition coefficient (Wildman–Crippen LogP) is 6.67. The van der Waals surface area contributed by atoms with Crippen LogP contribution < -0.4 is 25.0 Å². The summed E-state index contributed by atoms with van der Waals surface area (Å²) >= 11 is 12.7. The first-order valence-corrected chi connectivity index (χ1v) is 13.2. The van der Waals surface area contributed by atoms with Gasteiger partial charge in [0.1, 0.15) is 6.61 Å². The highest BCUT2D eigenvalue weighted by Gasteiger charge is 2.13. The first-order valence-electron chi connectivity index (χ1n) is 12.5. The van der Waals surface area contributed by atoms with Crippen molar-refractivity contribution in [3.8, 4) is 17.2 Å². The molecule has 0 fully saturated rings. The van der Waals surface area contributed by atoms with E-state index < -0.39 is 5.91 Å². The SMILES string of the molecule is COc1cc(C(=O)N/N=C/c2cc(Cl)c(OCC(=O)Nc3ccc(C)cc3)c(Cl)c2)ccc1OCc1ccccc1. The zero-order valence-corrected chi connectivity index (χ0v) is 23.8. The number of nitrogens with zero attached hydrogens (tertiary/aromatic N) is 1. The highest BCUT2D eigenvalue weighted by atomic mass is 35.5. The van der Waals surface area contributed by atoms with Crippen LogP contribution in [0.5, 0.6) is 17.2 Å². The summed E-state index contributed by atoms with van der Waals surface area (Å²) in [5, 5.41) is 7.10. The standard InChI is InChI=1S/C31H27Cl2N3O5/c1-20-8-11-24(12-9-20)35-29(37)19-41-30-25(32)14-22(15-26(30)33)17-34-36-31(38)23-10-13-27(28(16-23)39-2)40-18-21-6-4-3-5-7-21/h3-17H,18-19H2,1-2H3,(H,35,37)(H,36,38)/b34-17+. The Kier molecular flexibility index (Phi) is 10.2. The zero-order chi connectivity index (χ0) is 29.2. The van der Waals surface area contributed by atoms with E-state index in [4.69, 9.17) is 37.4 Å². The number of hydrazone groups is 1. The third kappa shape index (κ3) is 8.48. The number of ether oxygens (including phenoxy) is 3. The summed E-state index contributed by atoms with van der Waals surface area (Å²) in [5.41, 5.74) is 6.05. The normalized spacial score (nSPS) is 10.7. The molecule has 2 N–H and O–H groups in total. The van der Waals surface area contributed by atoms with Crippen molar-refractivity contribution in [1.29, 1.82) is 0 Å². The molecule has 0 atom stereocenters. The smallest absolute Gasteiger partial charge is 0.271 e. The summed E-state index contributed by atoms with van der Waals surface area (Å²) < 4.78 is 16.8. The molecule has 0 saturated heterocycles. The number of carbonyl (C=O) groups is 2. The molecule has 41 heavy (non-hydrogen) atoms. The molecular formula is C31H27Cl2N3O5. The maximum atomic E-state index is 12.6. The second-order valence-corrected chi connectivity index (χ2v) is 9.67. The van der Waals surface area contributed by atoms with Crippen LogP contribution in [0.2, 0.25) is 10.0 Å². The van der Waals surface area contributed by atoms with Crippen LogP contribution in [0.25, 0.3) is 0 Å². The number of rotatable bonds is 11. The Hall–Kier alpha value is -4.53. The molecule has 2 amide bonds. The number of hydrogen-bond donors (Lipinski definition) is 2. The minimum atomic E-state index is -0.453. The molecule has 0 aliphatic rings. The first kappa shape index (κ1) is 29.5. The number of benzene rings is 4. The molecule has 0 radical (unpaired) electrons. The molecule has 0 heterocycles. The van der Waals surface area contributed by atoms with Gasteiger partial charge in [-0.1, -0.05) is 71.2 Å². The molecule has 0 aromatic heterocycles. The van der Waals surface area contributed by atoms with Crippen molar-refractivity contribution in [1.82, 2.24) is 5.43 Å². The number of nitrogens with one attached hydrogen (secondary N) is 2. The molecule has 4 aromatic carbocycles. The zero-order valence-electron chi connectivity index (χ0n) is 22.3. The van der Waals surface area contributed by atoms with Crippen molar-refractivity contribution in [2.75, 3.05) is 19.0 Å². The van der Waals surface area contributed by atoms with E-state index in [1.54, 1.807) is 42.5 Å². The van der Waals surface area contributed by atoms with E-state index >= 15 is 0 Å². The van der Waals surface area contributed by atoms with Crippen LogP contribution in [0.4, 0.5) is 5.69 Å². The average Bonchev–Trinajstić information content (AvgIpc) is 2.97.